The van der Waals surface area contributed by atoms with Gasteiger partial charge in [0.15, 0.2) is 0 Å². The molecule has 0 amide bonds. The van der Waals surface area contributed by atoms with Crippen LogP contribution in [0.1, 0.15) is 5.56 Å². The molecule has 1 rings (SSSR count). The van der Waals surface area contributed by atoms with Crippen LogP contribution in [0.25, 0.3) is 0 Å². The minimum Gasteiger partial charge on any atom is -0.271 e. The zero-order valence-corrected chi connectivity index (χ0v) is 11.6. The summed E-state index contributed by atoms with van der Waals surface area (Å²) in [6, 6.07) is 4.67. The molecule has 0 saturated carbocycles. The third-order valence-corrected chi connectivity index (χ3v) is 3.40. The first-order chi connectivity index (χ1) is 8.09. The van der Waals surface area contributed by atoms with Crippen LogP contribution in [-0.2, 0) is 10.2 Å². The van der Waals surface area contributed by atoms with E-state index in [4.69, 9.17) is 0 Å². The number of alkyl halides is 3. The summed E-state index contributed by atoms with van der Waals surface area (Å²) in [7, 11) is -4.24. The van der Waals surface area contributed by atoms with E-state index < -0.39 is 22.9 Å². The van der Waals surface area contributed by atoms with Crippen molar-refractivity contribution in [3.8, 4) is 0 Å². The second kappa shape index (κ2) is 5.45. The van der Waals surface area contributed by atoms with Crippen molar-refractivity contribution in [2.24, 2.45) is 0 Å². The highest BCUT2D eigenvalue weighted by atomic mass is 79.9. The predicted molar refractivity (Wildman–Crippen MR) is 65.5 cm³/mol. The van der Waals surface area contributed by atoms with Gasteiger partial charge in [0.2, 0.25) is 0 Å². The van der Waals surface area contributed by atoms with E-state index in [1.54, 1.807) is 19.1 Å². The average molecular weight is 347 g/mol. The Labute approximate surface area is 111 Å². The Morgan fingerprint density at radius 1 is 1.33 bits per heavy atom. The van der Waals surface area contributed by atoms with Gasteiger partial charge in [0.05, 0.1) is 5.69 Å². The number of anilines is 1. The van der Waals surface area contributed by atoms with E-state index in [9.17, 15) is 21.6 Å². The van der Waals surface area contributed by atoms with Crippen molar-refractivity contribution >= 4 is 31.8 Å². The fourth-order valence-corrected chi connectivity index (χ4v) is 2.52. The van der Waals surface area contributed by atoms with Gasteiger partial charge in [0, 0.05) is 4.47 Å². The van der Waals surface area contributed by atoms with Gasteiger partial charge >= 0.3 is 6.18 Å². The summed E-state index contributed by atoms with van der Waals surface area (Å²) < 4.78 is 62.6. The summed E-state index contributed by atoms with van der Waals surface area (Å²) in [5.74, 6) is 0. The SMILES string of the molecule is Cc1cc(Br)ccc1NS(=O)(=O)NCC(F)(F)F. The lowest BCUT2D eigenvalue weighted by atomic mass is 10.2. The molecule has 4 nitrogen and oxygen atoms in total. The lowest BCUT2D eigenvalue weighted by molar-refractivity contribution is -0.121. The minimum absolute atomic E-state index is 0.216. The zero-order valence-electron chi connectivity index (χ0n) is 9.18. The standard InChI is InChI=1S/C9H10BrF3N2O2S/c1-6-4-7(10)2-3-8(6)15-18(16,17)14-5-9(11,12)13/h2-4,14-15H,5H2,1H3. The Hall–Kier alpha value is -0.800. The third kappa shape index (κ3) is 5.23. The summed E-state index contributed by atoms with van der Waals surface area (Å²) in [5.41, 5.74) is 0.801. The molecule has 0 fully saturated rings. The molecule has 0 unspecified atom stereocenters. The molecule has 1 aromatic rings. The summed E-state index contributed by atoms with van der Waals surface area (Å²) in [4.78, 5) is 0. The Morgan fingerprint density at radius 2 is 1.94 bits per heavy atom. The summed E-state index contributed by atoms with van der Waals surface area (Å²) in [6.07, 6.45) is -4.59. The molecule has 0 aromatic heterocycles. The molecule has 2 N–H and O–H groups in total. The number of benzene rings is 1. The summed E-state index contributed by atoms with van der Waals surface area (Å²) in [5, 5.41) is 0. The smallest absolute Gasteiger partial charge is 0.271 e. The summed E-state index contributed by atoms with van der Waals surface area (Å²) in [6.45, 7) is 0.0181. The van der Waals surface area contributed by atoms with E-state index in [0.717, 1.165) is 4.47 Å². The molecule has 0 bridgehead atoms. The lowest BCUT2D eigenvalue weighted by Crippen LogP contribution is -2.37. The van der Waals surface area contributed by atoms with Crippen molar-refractivity contribution in [1.82, 2.24) is 4.72 Å². The van der Waals surface area contributed by atoms with Crippen molar-refractivity contribution < 1.29 is 21.6 Å². The van der Waals surface area contributed by atoms with Gasteiger partial charge in [-0.25, -0.2) is 0 Å². The maximum atomic E-state index is 11.9. The second-order valence-corrected chi connectivity index (χ2v) is 5.92. The Balaban J connectivity index is 2.77. The number of hydrogen-bond acceptors (Lipinski definition) is 2. The molecule has 0 aliphatic heterocycles. The molecule has 0 saturated heterocycles. The molecule has 18 heavy (non-hydrogen) atoms. The van der Waals surface area contributed by atoms with Crippen LogP contribution in [0, 0.1) is 6.92 Å². The molecule has 102 valence electrons. The van der Waals surface area contributed by atoms with Gasteiger partial charge in [-0.05, 0) is 30.7 Å². The monoisotopic (exact) mass is 346 g/mol. The van der Waals surface area contributed by atoms with Gasteiger partial charge in [-0.3, -0.25) is 4.72 Å². The lowest BCUT2D eigenvalue weighted by Gasteiger charge is -2.12. The minimum atomic E-state index is -4.59. The topological polar surface area (TPSA) is 58.2 Å². The van der Waals surface area contributed by atoms with Crippen LogP contribution in [0.4, 0.5) is 18.9 Å². The molecule has 0 aliphatic rings. The number of aryl methyl sites for hydroxylation is 1. The van der Waals surface area contributed by atoms with Crippen LogP contribution < -0.4 is 9.44 Å². The largest absolute Gasteiger partial charge is 0.402 e. The Morgan fingerprint density at radius 3 is 2.44 bits per heavy atom. The molecule has 9 heteroatoms. The quantitative estimate of drug-likeness (QED) is 0.880. The highest BCUT2D eigenvalue weighted by Crippen LogP contribution is 2.21. The fourth-order valence-electron chi connectivity index (χ4n) is 1.10. The van der Waals surface area contributed by atoms with Gasteiger partial charge in [0.25, 0.3) is 10.2 Å². The third-order valence-electron chi connectivity index (χ3n) is 1.90. The number of nitrogens with one attached hydrogen (secondary N) is 2. The van der Waals surface area contributed by atoms with Gasteiger partial charge < -0.3 is 0 Å². The Bertz CT molecular complexity index is 531. The number of rotatable bonds is 4. The van der Waals surface area contributed by atoms with E-state index >= 15 is 0 Å². The predicted octanol–water partition coefficient (Wildman–Crippen LogP) is 2.57. The summed E-state index contributed by atoms with van der Waals surface area (Å²) >= 11 is 3.19. The first kappa shape index (κ1) is 15.3. The Kier molecular flexibility index (Phi) is 4.62. The van der Waals surface area contributed by atoms with Crippen LogP contribution in [0.15, 0.2) is 22.7 Å². The van der Waals surface area contributed by atoms with Crippen molar-refractivity contribution in [3.63, 3.8) is 0 Å². The van der Waals surface area contributed by atoms with Gasteiger partial charge in [-0.1, -0.05) is 15.9 Å². The second-order valence-electron chi connectivity index (χ2n) is 3.50. The van der Waals surface area contributed by atoms with Crippen LogP contribution in [-0.4, -0.2) is 21.1 Å². The van der Waals surface area contributed by atoms with Gasteiger partial charge in [-0.2, -0.15) is 26.3 Å². The van der Waals surface area contributed by atoms with E-state index in [-0.39, 0.29) is 5.69 Å². The van der Waals surface area contributed by atoms with Crippen LogP contribution >= 0.6 is 15.9 Å². The molecule has 0 radical (unpaired) electrons. The maximum Gasteiger partial charge on any atom is 0.402 e. The van der Waals surface area contributed by atoms with E-state index in [1.807, 2.05) is 4.72 Å². The molecule has 0 heterocycles. The highest BCUT2D eigenvalue weighted by Gasteiger charge is 2.29. The molecule has 0 spiro atoms. The van der Waals surface area contributed by atoms with Crippen molar-refractivity contribution in [1.29, 1.82) is 0 Å². The molecule has 1 aromatic carbocycles. The molecular formula is C9H10BrF3N2O2S. The van der Waals surface area contributed by atoms with Gasteiger partial charge in [-0.15, -0.1) is 0 Å². The fraction of sp³-hybridized carbons (Fsp3) is 0.333. The first-order valence-electron chi connectivity index (χ1n) is 4.69. The van der Waals surface area contributed by atoms with Crippen LogP contribution in [0.3, 0.4) is 0 Å². The maximum absolute atomic E-state index is 11.9. The average Bonchev–Trinajstić information content (AvgIpc) is 2.19. The normalized spacial score (nSPS) is 12.5. The van der Waals surface area contributed by atoms with E-state index in [1.165, 1.54) is 10.8 Å². The van der Waals surface area contributed by atoms with Crippen LogP contribution in [0.2, 0.25) is 0 Å². The first-order valence-corrected chi connectivity index (χ1v) is 6.97. The zero-order chi connectivity index (χ0) is 14.0. The molecule has 0 atom stereocenters. The van der Waals surface area contributed by atoms with Crippen LogP contribution in [0.5, 0.6) is 0 Å². The highest BCUT2D eigenvalue weighted by molar-refractivity contribution is 9.10. The number of hydrogen-bond donors (Lipinski definition) is 2. The number of halogens is 4. The van der Waals surface area contributed by atoms with Crippen molar-refractivity contribution in [2.45, 2.75) is 13.1 Å². The van der Waals surface area contributed by atoms with Crippen molar-refractivity contribution in [3.05, 3.63) is 28.2 Å². The molecular weight excluding hydrogens is 337 g/mol. The van der Waals surface area contributed by atoms with E-state index in [2.05, 4.69) is 15.9 Å². The van der Waals surface area contributed by atoms with E-state index in [0.29, 0.717) is 5.56 Å². The molecule has 0 aliphatic carbocycles. The van der Waals surface area contributed by atoms with Crippen molar-refractivity contribution in [2.75, 3.05) is 11.3 Å². The van der Waals surface area contributed by atoms with Gasteiger partial charge in [0.1, 0.15) is 6.54 Å².